The Morgan fingerprint density at radius 2 is 2.21 bits per heavy atom. The van der Waals surface area contributed by atoms with Gasteiger partial charge >= 0.3 is 5.97 Å². The summed E-state index contributed by atoms with van der Waals surface area (Å²) in [6.45, 7) is 3.95. The number of rotatable bonds is 2. The summed E-state index contributed by atoms with van der Waals surface area (Å²) < 4.78 is 4.86. The third kappa shape index (κ3) is 2.42. The molecule has 0 unspecified atom stereocenters. The van der Waals surface area contributed by atoms with Crippen molar-refractivity contribution < 1.29 is 9.53 Å². The molecule has 14 heavy (non-hydrogen) atoms. The molecule has 0 bridgehead atoms. The number of ether oxygens (including phenoxy) is 1. The Balaban J connectivity index is 3.06. The first-order valence-corrected chi connectivity index (χ1v) is 5.05. The van der Waals surface area contributed by atoms with Gasteiger partial charge in [0.1, 0.15) is 0 Å². The summed E-state index contributed by atoms with van der Waals surface area (Å²) in [5.74, 6) is -0.345. The molecule has 0 aliphatic rings. The molecular weight excluding hydrogens is 220 g/mol. The molecule has 0 aromatic heterocycles. The molecule has 0 fully saturated rings. The number of hydrogen-bond donors (Lipinski definition) is 1. The molecule has 0 aliphatic carbocycles. The van der Waals surface area contributed by atoms with Crippen LogP contribution in [0.5, 0.6) is 0 Å². The highest BCUT2D eigenvalue weighted by molar-refractivity contribution is 7.80. The van der Waals surface area contributed by atoms with Crippen molar-refractivity contribution in [3.8, 4) is 0 Å². The molecule has 0 spiro atoms. The van der Waals surface area contributed by atoms with Crippen LogP contribution in [0.1, 0.15) is 22.8 Å². The normalized spacial score (nSPS) is 10.0. The second-order valence-corrected chi connectivity index (χ2v) is 3.71. The van der Waals surface area contributed by atoms with Gasteiger partial charge in [-0.15, -0.1) is 12.6 Å². The fourth-order valence-corrected chi connectivity index (χ4v) is 1.51. The Labute approximate surface area is 93.6 Å². The van der Waals surface area contributed by atoms with Crippen molar-refractivity contribution in [1.82, 2.24) is 0 Å². The molecule has 1 rings (SSSR count). The van der Waals surface area contributed by atoms with Gasteiger partial charge in [-0.1, -0.05) is 11.6 Å². The quantitative estimate of drug-likeness (QED) is 0.624. The van der Waals surface area contributed by atoms with Gasteiger partial charge in [0.15, 0.2) is 0 Å². The van der Waals surface area contributed by atoms with Crippen molar-refractivity contribution in [2.45, 2.75) is 18.7 Å². The molecule has 0 saturated carbocycles. The molecule has 2 nitrogen and oxygen atoms in total. The highest BCUT2D eigenvalue weighted by Crippen LogP contribution is 2.25. The number of aryl methyl sites for hydroxylation is 1. The van der Waals surface area contributed by atoms with E-state index < -0.39 is 0 Å². The highest BCUT2D eigenvalue weighted by Gasteiger charge is 2.10. The average molecular weight is 231 g/mol. The number of carbonyl (C=O) groups is 1. The molecule has 0 atom stereocenters. The Morgan fingerprint density at radius 1 is 1.57 bits per heavy atom. The van der Waals surface area contributed by atoms with Crippen LogP contribution in [0.2, 0.25) is 5.02 Å². The minimum atomic E-state index is -0.345. The van der Waals surface area contributed by atoms with Crippen LogP contribution in [0.15, 0.2) is 17.0 Å². The fourth-order valence-electron chi connectivity index (χ4n) is 1.08. The first-order valence-electron chi connectivity index (χ1n) is 4.22. The number of carbonyl (C=O) groups excluding carboxylic acids is 1. The lowest BCUT2D eigenvalue weighted by molar-refractivity contribution is 0.0526. The van der Waals surface area contributed by atoms with Gasteiger partial charge in [-0.25, -0.2) is 4.79 Å². The van der Waals surface area contributed by atoms with Crippen molar-refractivity contribution >= 4 is 30.2 Å². The lowest BCUT2D eigenvalue weighted by Gasteiger charge is -2.06. The van der Waals surface area contributed by atoms with Crippen LogP contribution in [0.3, 0.4) is 0 Å². The Bertz CT molecular complexity index is 340. The lowest BCUT2D eigenvalue weighted by atomic mass is 10.1. The average Bonchev–Trinajstić information content (AvgIpc) is 2.13. The molecule has 0 radical (unpaired) electrons. The molecule has 76 valence electrons. The molecule has 0 amide bonds. The van der Waals surface area contributed by atoms with Crippen molar-refractivity contribution in [3.05, 3.63) is 28.3 Å². The van der Waals surface area contributed by atoms with E-state index in [4.69, 9.17) is 16.3 Å². The largest absolute Gasteiger partial charge is 0.462 e. The van der Waals surface area contributed by atoms with Crippen LogP contribution in [0.25, 0.3) is 0 Å². The summed E-state index contributed by atoms with van der Waals surface area (Å²) in [6, 6.07) is 3.30. The van der Waals surface area contributed by atoms with Crippen LogP contribution in [0.4, 0.5) is 0 Å². The molecule has 0 heterocycles. The molecule has 4 heteroatoms. The van der Waals surface area contributed by atoms with Gasteiger partial charge in [0.05, 0.1) is 17.2 Å². The van der Waals surface area contributed by atoms with Crippen molar-refractivity contribution in [1.29, 1.82) is 0 Å². The van der Waals surface area contributed by atoms with Crippen LogP contribution in [-0.2, 0) is 4.74 Å². The highest BCUT2D eigenvalue weighted by atomic mass is 35.5. The minimum absolute atomic E-state index is 0.345. The summed E-state index contributed by atoms with van der Waals surface area (Å²) in [5.41, 5.74) is 1.31. The van der Waals surface area contributed by atoms with E-state index in [2.05, 4.69) is 12.6 Å². The minimum Gasteiger partial charge on any atom is -0.462 e. The zero-order valence-electron chi connectivity index (χ0n) is 8.00. The van der Waals surface area contributed by atoms with E-state index in [1.165, 1.54) is 0 Å². The zero-order valence-corrected chi connectivity index (χ0v) is 9.65. The van der Waals surface area contributed by atoms with E-state index in [9.17, 15) is 4.79 Å². The van der Waals surface area contributed by atoms with Gasteiger partial charge in [0, 0.05) is 4.90 Å². The van der Waals surface area contributed by atoms with Gasteiger partial charge < -0.3 is 4.74 Å². The Hall–Kier alpha value is -0.670. The van der Waals surface area contributed by atoms with Crippen LogP contribution < -0.4 is 0 Å². The van der Waals surface area contributed by atoms with E-state index in [0.29, 0.717) is 22.1 Å². The van der Waals surface area contributed by atoms with E-state index in [-0.39, 0.29) is 5.97 Å². The van der Waals surface area contributed by atoms with E-state index in [1.54, 1.807) is 19.1 Å². The number of benzene rings is 1. The van der Waals surface area contributed by atoms with E-state index in [0.717, 1.165) is 5.56 Å². The van der Waals surface area contributed by atoms with Crippen molar-refractivity contribution in [3.63, 3.8) is 0 Å². The molecule has 0 N–H and O–H groups in total. The van der Waals surface area contributed by atoms with Gasteiger partial charge in [0.25, 0.3) is 0 Å². The zero-order chi connectivity index (χ0) is 10.7. The van der Waals surface area contributed by atoms with Gasteiger partial charge in [-0.2, -0.15) is 0 Å². The van der Waals surface area contributed by atoms with Crippen molar-refractivity contribution in [2.24, 2.45) is 0 Å². The Kier molecular flexibility index (Phi) is 3.84. The first kappa shape index (κ1) is 11.4. The second-order valence-electron chi connectivity index (χ2n) is 2.85. The maximum atomic E-state index is 11.4. The molecular formula is C10H11ClO2S. The SMILES string of the molecule is CCOC(=O)c1cc(C)c(Cl)c(S)c1. The fraction of sp³-hybridized carbons (Fsp3) is 0.300. The van der Waals surface area contributed by atoms with Crippen LogP contribution in [-0.4, -0.2) is 12.6 Å². The third-order valence-corrected chi connectivity index (χ3v) is 2.73. The third-order valence-electron chi connectivity index (χ3n) is 1.75. The second kappa shape index (κ2) is 4.71. The predicted molar refractivity (Wildman–Crippen MR) is 59.4 cm³/mol. The maximum absolute atomic E-state index is 11.4. The van der Waals surface area contributed by atoms with Crippen LogP contribution in [0, 0.1) is 6.92 Å². The predicted octanol–water partition coefficient (Wildman–Crippen LogP) is 3.11. The summed E-state index contributed by atoms with van der Waals surface area (Å²) in [6.07, 6.45) is 0. The molecule has 1 aromatic carbocycles. The Morgan fingerprint density at radius 3 is 2.71 bits per heavy atom. The summed E-state index contributed by atoms with van der Waals surface area (Å²) in [7, 11) is 0. The molecule has 0 saturated heterocycles. The first-order chi connectivity index (χ1) is 6.56. The number of thiol groups is 1. The smallest absolute Gasteiger partial charge is 0.338 e. The van der Waals surface area contributed by atoms with E-state index >= 15 is 0 Å². The lowest BCUT2D eigenvalue weighted by Crippen LogP contribution is -2.05. The van der Waals surface area contributed by atoms with Crippen LogP contribution >= 0.6 is 24.2 Å². The van der Waals surface area contributed by atoms with Gasteiger partial charge in [-0.05, 0) is 31.5 Å². The summed E-state index contributed by atoms with van der Waals surface area (Å²) in [5, 5.41) is 0.571. The summed E-state index contributed by atoms with van der Waals surface area (Å²) in [4.78, 5) is 12.0. The van der Waals surface area contributed by atoms with Crippen molar-refractivity contribution in [2.75, 3.05) is 6.61 Å². The van der Waals surface area contributed by atoms with E-state index in [1.807, 2.05) is 6.92 Å². The molecule has 1 aromatic rings. The number of hydrogen-bond acceptors (Lipinski definition) is 3. The topological polar surface area (TPSA) is 26.3 Å². The molecule has 0 aliphatic heterocycles. The number of halogens is 1. The standard InChI is InChI=1S/C10H11ClO2S/c1-3-13-10(12)7-4-6(2)9(11)8(14)5-7/h4-5,14H,3H2,1-2H3. The van der Waals surface area contributed by atoms with Gasteiger partial charge in [-0.3, -0.25) is 0 Å². The number of esters is 1. The maximum Gasteiger partial charge on any atom is 0.338 e. The van der Waals surface area contributed by atoms with Gasteiger partial charge in [0.2, 0.25) is 0 Å². The monoisotopic (exact) mass is 230 g/mol. The summed E-state index contributed by atoms with van der Waals surface area (Å²) >= 11 is 10.1.